The van der Waals surface area contributed by atoms with Gasteiger partial charge in [0.15, 0.2) is 0 Å². The van der Waals surface area contributed by atoms with Gasteiger partial charge in [-0.25, -0.2) is 4.39 Å². The number of ether oxygens (including phenoxy) is 1. The van der Waals surface area contributed by atoms with Crippen LogP contribution in [0.4, 0.5) is 15.8 Å². The van der Waals surface area contributed by atoms with Crippen LogP contribution in [0.2, 0.25) is 0 Å². The highest BCUT2D eigenvalue weighted by molar-refractivity contribution is 6.03. The maximum atomic E-state index is 13.9. The van der Waals surface area contributed by atoms with Crippen LogP contribution in [0.3, 0.4) is 0 Å². The van der Waals surface area contributed by atoms with Crippen molar-refractivity contribution in [2.45, 2.75) is 13.3 Å². The van der Waals surface area contributed by atoms with E-state index in [4.69, 9.17) is 4.74 Å². The number of rotatable bonds is 5. The van der Waals surface area contributed by atoms with Crippen LogP contribution in [-0.2, 0) is 9.59 Å². The maximum absolute atomic E-state index is 13.9. The molecule has 5 nitrogen and oxygen atoms in total. The Balaban J connectivity index is 1.72. The summed E-state index contributed by atoms with van der Waals surface area (Å²) in [6.45, 7) is 2.50. The average molecular weight is 342 g/mol. The van der Waals surface area contributed by atoms with Gasteiger partial charge < -0.3 is 15.0 Å². The van der Waals surface area contributed by atoms with Crippen molar-refractivity contribution in [1.29, 1.82) is 0 Å². The largest absolute Gasteiger partial charge is 0.492 e. The summed E-state index contributed by atoms with van der Waals surface area (Å²) in [6, 6.07) is 13.2. The summed E-state index contributed by atoms with van der Waals surface area (Å²) in [7, 11) is 0. The van der Waals surface area contributed by atoms with Gasteiger partial charge in [-0.05, 0) is 31.2 Å². The topological polar surface area (TPSA) is 58.6 Å². The van der Waals surface area contributed by atoms with Crippen LogP contribution in [-0.4, -0.2) is 25.0 Å². The first-order chi connectivity index (χ1) is 12.1. The molecule has 0 spiro atoms. The van der Waals surface area contributed by atoms with Crippen LogP contribution in [0.1, 0.15) is 13.3 Å². The van der Waals surface area contributed by atoms with E-state index in [1.165, 1.54) is 17.0 Å². The molecular weight excluding hydrogens is 323 g/mol. The Kier molecular flexibility index (Phi) is 4.97. The summed E-state index contributed by atoms with van der Waals surface area (Å²) < 4.78 is 19.4. The minimum atomic E-state index is -0.540. The first-order valence-electron chi connectivity index (χ1n) is 8.17. The van der Waals surface area contributed by atoms with Crippen LogP contribution in [0, 0.1) is 11.7 Å². The zero-order valence-electron chi connectivity index (χ0n) is 13.9. The molecule has 1 saturated heterocycles. The van der Waals surface area contributed by atoms with Gasteiger partial charge in [-0.2, -0.15) is 0 Å². The Morgan fingerprint density at radius 3 is 2.72 bits per heavy atom. The summed E-state index contributed by atoms with van der Waals surface area (Å²) in [5.41, 5.74) is 0.767. The number of anilines is 2. The van der Waals surface area contributed by atoms with Crippen molar-refractivity contribution in [2.75, 3.05) is 23.4 Å². The van der Waals surface area contributed by atoms with E-state index in [0.29, 0.717) is 18.0 Å². The van der Waals surface area contributed by atoms with Crippen molar-refractivity contribution in [3.05, 3.63) is 54.3 Å². The van der Waals surface area contributed by atoms with Crippen molar-refractivity contribution < 1.29 is 18.7 Å². The van der Waals surface area contributed by atoms with E-state index in [0.717, 1.165) is 0 Å². The Morgan fingerprint density at radius 1 is 1.24 bits per heavy atom. The lowest BCUT2D eigenvalue weighted by Gasteiger charge is -2.17. The molecule has 0 radical (unpaired) electrons. The zero-order valence-corrected chi connectivity index (χ0v) is 13.9. The van der Waals surface area contributed by atoms with Crippen molar-refractivity contribution >= 4 is 23.2 Å². The highest BCUT2D eigenvalue weighted by Gasteiger charge is 2.36. The fourth-order valence-electron chi connectivity index (χ4n) is 2.87. The normalized spacial score (nSPS) is 16.8. The molecule has 0 saturated carbocycles. The van der Waals surface area contributed by atoms with Crippen molar-refractivity contribution in [2.24, 2.45) is 5.92 Å². The third kappa shape index (κ3) is 3.63. The Morgan fingerprint density at radius 2 is 1.96 bits per heavy atom. The predicted molar refractivity (Wildman–Crippen MR) is 93.1 cm³/mol. The van der Waals surface area contributed by atoms with Crippen molar-refractivity contribution in [1.82, 2.24) is 0 Å². The third-order valence-electron chi connectivity index (χ3n) is 4.08. The number of para-hydroxylation sites is 3. The standard InChI is InChI=1S/C19H19FN2O3/c1-2-25-17-10-6-4-8-15(17)21-19(24)13-11-18(23)22(12-13)16-9-5-3-7-14(16)20/h3-10,13H,2,11-12H2,1H3,(H,21,24)/t13-/m1/s1. The van der Waals surface area contributed by atoms with Gasteiger partial charge in [-0.3, -0.25) is 9.59 Å². The molecule has 1 N–H and O–H groups in total. The lowest BCUT2D eigenvalue weighted by Crippen LogP contribution is -2.28. The maximum Gasteiger partial charge on any atom is 0.229 e. The van der Waals surface area contributed by atoms with Crippen LogP contribution < -0.4 is 15.0 Å². The number of hydrogen-bond donors (Lipinski definition) is 1. The molecule has 2 aromatic carbocycles. The molecule has 0 unspecified atom stereocenters. The molecule has 1 heterocycles. The fraction of sp³-hybridized carbons (Fsp3) is 0.263. The Hall–Kier alpha value is -2.89. The second-order valence-electron chi connectivity index (χ2n) is 5.78. The van der Waals surface area contributed by atoms with Gasteiger partial charge in [-0.15, -0.1) is 0 Å². The second-order valence-corrected chi connectivity index (χ2v) is 5.78. The monoisotopic (exact) mass is 342 g/mol. The van der Waals surface area contributed by atoms with Gasteiger partial charge in [-0.1, -0.05) is 24.3 Å². The molecule has 0 aromatic heterocycles. The van der Waals surface area contributed by atoms with Crippen molar-refractivity contribution in [3.8, 4) is 5.75 Å². The van der Waals surface area contributed by atoms with E-state index in [9.17, 15) is 14.0 Å². The number of amides is 2. The molecule has 2 amide bonds. The highest BCUT2D eigenvalue weighted by atomic mass is 19.1. The molecule has 2 aromatic rings. The van der Waals surface area contributed by atoms with Gasteiger partial charge in [0, 0.05) is 13.0 Å². The zero-order chi connectivity index (χ0) is 17.8. The minimum absolute atomic E-state index is 0.0525. The molecular formula is C19H19FN2O3. The van der Waals surface area contributed by atoms with Crippen molar-refractivity contribution in [3.63, 3.8) is 0 Å². The smallest absolute Gasteiger partial charge is 0.229 e. The summed E-state index contributed by atoms with van der Waals surface area (Å²) in [5.74, 6) is -0.975. The lowest BCUT2D eigenvalue weighted by atomic mass is 10.1. The van der Waals surface area contributed by atoms with Crippen LogP contribution in [0.25, 0.3) is 0 Å². The third-order valence-corrected chi connectivity index (χ3v) is 4.08. The molecule has 1 aliphatic rings. The van der Waals surface area contributed by atoms with Crippen LogP contribution in [0.15, 0.2) is 48.5 Å². The van der Waals surface area contributed by atoms with E-state index in [1.54, 1.807) is 30.3 Å². The van der Waals surface area contributed by atoms with E-state index in [1.807, 2.05) is 13.0 Å². The number of nitrogens with zero attached hydrogens (tertiary/aromatic N) is 1. The average Bonchev–Trinajstić information content (AvgIpc) is 2.99. The van der Waals surface area contributed by atoms with Gasteiger partial charge in [0.2, 0.25) is 11.8 Å². The molecule has 0 aliphatic carbocycles. The van der Waals surface area contributed by atoms with Gasteiger partial charge in [0.05, 0.1) is 23.9 Å². The highest BCUT2D eigenvalue weighted by Crippen LogP contribution is 2.29. The number of hydrogen-bond acceptors (Lipinski definition) is 3. The number of benzene rings is 2. The Labute approximate surface area is 145 Å². The van der Waals surface area contributed by atoms with Gasteiger partial charge in [0.1, 0.15) is 11.6 Å². The molecule has 1 aliphatic heterocycles. The minimum Gasteiger partial charge on any atom is -0.492 e. The summed E-state index contributed by atoms with van der Waals surface area (Å²) in [6.07, 6.45) is 0.0525. The molecule has 3 rings (SSSR count). The predicted octanol–water partition coefficient (Wildman–Crippen LogP) is 3.22. The van der Waals surface area contributed by atoms with Gasteiger partial charge >= 0.3 is 0 Å². The quantitative estimate of drug-likeness (QED) is 0.908. The van der Waals surface area contributed by atoms with E-state index < -0.39 is 11.7 Å². The summed E-state index contributed by atoms with van der Waals surface area (Å²) in [5, 5.41) is 2.81. The molecule has 1 atom stereocenters. The van der Waals surface area contributed by atoms with Crippen LogP contribution in [0.5, 0.6) is 5.75 Å². The summed E-state index contributed by atoms with van der Waals surface area (Å²) in [4.78, 5) is 26.1. The second kappa shape index (κ2) is 7.34. The van der Waals surface area contributed by atoms with Crippen LogP contribution >= 0.6 is 0 Å². The SMILES string of the molecule is CCOc1ccccc1NC(=O)[C@@H]1CC(=O)N(c2ccccc2F)C1. The number of nitrogens with one attached hydrogen (secondary N) is 1. The molecule has 0 bridgehead atoms. The van der Waals surface area contributed by atoms with E-state index >= 15 is 0 Å². The summed E-state index contributed by atoms with van der Waals surface area (Å²) >= 11 is 0. The van der Waals surface area contributed by atoms with E-state index in [2.05, 4.69) is 5.32 Å². The van der Waals surface area contributed by atoms with Gasteiger partial charge in [0.25, 0.3) is 0 Å². The molecule has 25 heavy (non-hydrogen) atoms. The number of carbonyl (C=O) groups is 2. The molecule has 130 valence electrons. The number of carbonyl (C=O) groups excluding carboxylic acids is 2. The fourth-order valence-corrected chi connectivity index (χ4v) is 2.87. The first-order valence-corrected chi connectivity index (χ1v) is 8.17. The Bertz CT molecular complexity index is 794. The number of halogens is 1. The molecule has 6 heteroatoms. The molecule has 1 fully saturated rings. The first kappa shape index (κ1) is 17.0. The van der Waals surface area contributed by atoms with E-state index in [-0.39, 0.29) is 30.5 Å². The lowest BCUT2D eigenvalue weighted by molar-refractivity contribution is -0.122.